The van der Waals surface area contributed by atoms with Crippen molar-refractivity contribution < 1.29 is 0 Å². The molecule has 0 fully saturated rings. The highest BCUT2D eigenvalue weighted by Gasteiger charge is 2.06. The summed E-state index contributed by atoms with van der Waals surface area (Å²) in [4.78, 5) is 0. The van der Waals surface area contributed by atoms with E-state index >= 15 is 0 Å². The van der Waals surface area contributed by atoms with Gasteiger partial charge in [-0.2, -0.15) is 0 Å². The van der Waals surface area contributed by atoms with E-state index in [1.54, 1.807) is 0 Å². The number of hydrogen-bond acceptors (Lipinski definition) is 1. The molecule has 1 N–H and O–H groups in total. The van der Waals surface area contributed by atoms with Gasteiger partial charge in [-0.25, -0.2) is 0 Å². The number of rotatable bonds is 3. The van der Waals surface area contributed by atoms with Gasteiger partial charge < -0.3 is 5.32 Å². The third-order valence-corrected chi connectivity index (χ3v) is 0.869. The molecule has 0 aromatic heterocycles. The van der Waals surface area contributed by atoms with Crippen LogP contribution in [0, 0.1) is 6.92 Å². The standard InChI is InChI=1S/C8H16N/c1-7(2)6-9-8(3,4)5/h9H,1,3,6H2,2,4-5H3. The molecule has 0 amide bonds. The lowest BCUT2D eigenvalue weighted by Crippen LogP contribution is -2.36. The fourth-order valence-corrected chi connectivity index (χ4v) is 0.390. The van der Waals surface area contributed by atoms with Crippen LogP contribution in [0.1, 0.15) is 20.8 Å². The largest absolute Gasteiger partial charge is 0.308 e. The molecule has 0 aliphatic carbocycles. The van der Waals surface area contributed by atoms with Crippen LogP contribution in [0.15, 0.2) is 12.2 Å². The first-order chi connectivity index (χ1) is 3.92. The van der Waals surface area contributed by atoms with Crippen molar-refractivity contribution in [1.82, 2.24) is 5.32 Å². The summed E-state index contributed by atoms with van der Waals surface area (Å²) in [6.07, 6.45) is 0. The normalized spacial score (nSPS) is 11.6. The smallest absolute Gasteiger partial charge is 0.0164 e. The van der Waals surface area contributed by atoms with Gasteiger partial charge in [0.25, 0.3) is 0 Å². The zero-order valence-corrected chi connectivity index (χ0v) is 6.62. The maximum Gasteiger partial charge on any atom is 0.0164 e. The van der Waals surface area contributed by atoms with Crippen molar-refractivity contribution in [2.75, 3.05) is 6.54 Å². The van der Waals surface area contributed by atoms with Gasteiger partial charge in [-0.1, -0.05) is 12.2 Å². The van der Waals surface area contributed by atoms with Crippen LogP contribution in [0.4, 0.5) is 0 Å². The maximum absolute atomic E-state index is 3.89. The minimum Gasteiger partial charge on any atom is -0.308 e. The lowest BCUT2D eigenvalue weighted by Gasteiger charge is -2.19. The van der Waals surface area contributed by atoms with Gasteiger partial charge >= 0.3 is 0 Å². The molecule has 0 atom stereocenters. The van der Waals surface area contributed by atoms with E-state index in [4.69, 9.17) is 0 Å². The molecule has 9 heavy (non-hydrogen) atoms. The van der Waals surface area contributed by atoms with Crippen LogP contribution in [0.5, 0.6) is 0 Å². The first kappa shape index (κ1) is 8.70. The summed E-state index contributed by atoms with van der Waals surface area (Å²) in [7, 11) is 0. The summed E-state index contributed by atoms with van der Waals surface area (Å²) in [5.41, 5.74) is 1.12. The van der Waals surface area contributed by atoms with E-state index in [2.05, 4.69) is 18.8 Å². The maximum atomic E-state index is 3.89. The molecular weight excluding hydrogens is 110 g/mol. The van der Waals surface area contributed by atoms with Crippen LogP contribution in [0.25, 0.3) is 0 Å². The van der Waals surface area contributed by atoms with Crippen molar-refractivity contribution in [2.45, 2.75) is 26.3 Å². The van der Waals surface area contributed by atoms with E-state index in [1.165, 1.54) is 0 Å². The summed E-state index contributed by atoms with van der Waals surface area (Å²) in [5, 5.41) is 3.21. The molecule has 0 heterocycles. The van der Waals surface area contributed by atoms with E-state index < -0.39 is 0 Å². The van der Waals surface area contributed by atoms with Gasteiger partial charge in [0.2, 0.25) is 0 Å². The number of hydrogen-bond donors (Lipinski definition) is 1. The second-order valence-corrected chi connectivity index (χ2v) is 3.19. The third-order valence-electron chi connectivity index (χ3n) is 0.869. The highest BCUT2D eigenvalue weighted by molar-refractivity contribution is 4.94. The summed E-state index contributed by atoms with van der Waals surface area (Å²) < 4.78 is 0. The first-order valence-electron chi connectivity index (χ1n) is 3.16. The second-order valence-electron chi connectivity index (χ2n) is 3.19. The van der Waals surface area contributed by atoms with Gasteiger partial charge in [0.05, 0.1) is 0 Å². The van der Waals surface area contributed by atoms with Crippen molar-refractivity contribution >= 4 is 0 Å². The van der Waals surface area contributed by atoms with Crippen molar-refractivity contribution in [3.8, 4) is 0 Å². The average Bonchev–Trinajstić information content (AvgIpc) is 1.59. The molecule has 53 valence electrons. The second kappa shape index (κ2) is 3.02. The predicted octanol–water partition coefficient (Wildman–Crippen LogP) is 1.76. The highest BCUT2D eigenvalue weighted by Crippen LogP contribution is 1.97. The van der Waals surface area contributed by atoms with Gasteiger partial charge in [-0.05, 0) is 27.7 Å². The van der Waals surface area contributed by atoms with E-state index in [-0.39, 0.29) is 5.54 Å². The molecule has 0 unspecified atom stereocenters. The fourth-order valence-electron chi connectivity index (χ4n) is 0.390. The van der Waals surface area contributed by atoms with Crippen molar-refractivity contribution in [3.63, 3.8) is 0 Å². The Morgan fingerprint density at radius 3 is 2.11 bits per heavy atom. The van der Waals surface area contributed by atoms with Gasteiger partial charge in [0, 0.05) is 12.1 Å². The minimum absolute atomic E-state index is 0.0288. The van der Waals surface area contributed by atoms with Gasteiger partial charge in [-0.3, -0.25) is 0 Å². The molecule has 1 radical (unpaired) electrons. The Kier molecular flexibility index (Phi) is 2.92. The lowest BCUT2D eigenvalue weighted by molar-refractivity contribution is 0.494. The van der Waals surface area contributed by atoms with Gasteiger partial charge in [-0.15, -0.1) is 0 Å². The van der Waals surface area contributed by atoms with E-state index in [1.807, 2.05) is 20.8 Å². The van der Waals surface area contributed by atoms with Crippen LogP contribution in [0.3, 0.4) is 0 Å². The molecule has 0 aliphatic heterocycles. The third kappa shape index (κ3) is 7.70. The Morgan fingerprint density at radius 1 is 1.56 bits per heavy atom. The zero-order chi connectivity index (χ0) is 7.49. The summed E-state index contributed by atoms with van der Waals surface area (Å²) in [5.74, 6) is 0. The van der Waals surface area contributed by atoms with Crippen LogP contribution >= 0.6 is 0 Å². The predicted molar refractivity (Wildman–Crippen MR) is 42.3 cm³/mol. The molecule has 0 aromatic carbocycles. The summed E-state index contributed by atoms with van der Waals surface area (Å²) in [6, 6.07) is 0. The van der Waals surface area contributed by atoms with E-state index in [0.717, 1.165) is 12.1 Å². The Balaban J connectivity index is 3.39. The molecular formula is C8H16N. The highest BCUT2D eigenvalue weighted by atomic mass is 14.9. The molecule has 0 aromatic rings. The van der Waals surface area contributed by atoms with Crippen molar-refractivity contribution in [3.05, 3.63) is 19.1 Å². The SMILES string of the molecule is [CH2]C(C)(C)NCC(=C)C. The van der Waals surface area contributed by atoms with Gasteiger partial charge in [0.15, 0.2) is 0 Å². The fraction of sp³-hybridized carbons (Fsp3) is 0.625. The molecule has 0 bridgehead atoms. The molecule has 0 spiro atoms. The molecule has 1 heteroatoms. The molecule has 1 nitrogen and oxygen atoms in total. The van der Waals surface area contributed by atoms with Crippen molar-refractivity contribution in [2.24, 2.45) is 0 Å². The van der Waals surface area contributed by atoms with E-state index in [9.17, 15) is 0 Å². The Bertz CT molecular complexity index is 97.6. The molecule has 0 rings (SSSR count). The summed E-state index contributed by atoms with van der Waals surface area (Å²) >= 11 is 0. The zero-order valence-electron chi connectivity index (χ0n) is 6.62. The van der Waals surface area contributed by atoms with Crippen LogP contribution < -0.4 is 5.32 Å². The average molecular weight is 126 g/mol. The quantitative estimate of drug-likeness (QED) is 0.568. The van der Waals surface area contributed by atoms with E-state index in [0.29, 0.717) is 0 Å². The van der Waals surface area contributed by atoms with Gasteiger partial charge in [0.1, 0.15) is 0 Å². The number of nitrogens with one attached hydrogen (secondary N) is 1. The van der Waals surface area contributed by atoms with Crippen LogP contribution in [-0.4, -0.2) is 12.1 Å². The Labute approximate surface area is 58.2 Å². The van der Waals surface area contributed by atoms with Crippen molar-refractivity contribution in [1.29, 1.82) is 0 Å². The lowest BCUT2D eigenvalue weighted by atomic mass is 10.1. The minimum atomic E-state index is -0.0288. The Hall–Kier alpha value is -0.300. The molecule has 0 aliphatic rings. The monoisotopic (exact) mass is 126 g/mol. The van der Waals surface area contributed by atoms with Crippen LogP contribution in [-0.2, 0) is 0 Å². The summed E-state index contributed by atoms with van der Waals surface area (Å²) in [6.45, 7) is 14.6. The first-order valence-corrected chi connectivity index (χ1v) is 3.16. The molecule has 0 saturated heterocycles. The topological polar surface area (TPSA) is 12.0 Å². The molecule has 0 saturated carbocycles. The van der Waals surface area contributed by atoms with Crippen LogP contribution in [0.2, 0.25) is 0 Å². The Morgan fingerprint density at radius 2 is 2.00 bits per heavy atom.